The van der Waals surface area contributed by atoms with Gasteiger partial charge in [-0.05, 0) is 25.7 Å². The molecule has 1 fully saturated rings. The van der Waals surface area contributed by atoms with Crippen molar-refractivity contribution in [2.45, 2.75) is 26.2 Å². The Morgan fingerprint density at radius 1 is 1.44 bits per heavy atom. The highest BCUT2D eigenvalue weighted by Gasteiger charge is 2.26. The Balaban J connectivity index is 2.21. The Hall–Kier alpha value is -1.26. The second kappa shape index (κ2) is 6.35. The molecule has 0 aliphatic carbocycles. The van der Waals surface area contributed by atoms with Gasteiger partial charge in [-0.25, -0.2) is 4.79 Å². The van der Waals surface area contributed by atoms with Crippen LogP contribution in [0.1, 0.15) is 26.2 Å². The number of esters is 1. The van der Waals surface area contributed by atoms with Gasteiger partial charge in [0, 0.05) is 19.5 Å². The molecule has 0 aromatic rings. The van der Waals surface area contributed by atoms with Gasteiger partial charge in [-0.15, -0.1) is 0 Å². The maximum absolute atomic E-state index is 11.2. The van der Waals surface area contributed by atoms with Gasteiger partial charge in [0.25, 0.3) is 0 Å². The van der Waals surface area contributed by atoms with Crippen LogP contribution in [0.2, 0.25) is 0 Å². The zero-order chi connectivity index (χ0) is 12.0. The van der Waals surface area contributed by atoms with E-state index in [2.05, 4.69) is 4.74 Å². The fraction of sp³-hybridized carbons (Fsp3) is 0.818. The number of methoxy groups -OCH3 is 1. The maximum Gasteiger partial charge on any atom is 0.409 e. The number of hydrogen-bond acceptors (Lipinski definition) is 4. The van der Waals surface area contributed by atoms with Gasteiger partial charge < -0.3 is 14.4 Å². The molecule has 0 N–H and O–H groups in total. The molecule has 0 aromatic heterocycles. The molecule has 1 amide bonds. The fourth-order valence-corrected chi connectivity index (χ4v) is 1.92. The summed E-state index contributed by atoms with van der Waals surface area (Å²) in [5, 5.41) is 0. The molecule has 0 aromatic carbocycles. The Kier molecular flexibility index (Phi) is 5.08. The first kappa shape index (κ1) is 12.8. The molecule has 1 atom stereocenters. The Morgan fingerprint density at radius 2 is 2.19 bits per heavy atom. The second-order valence-electron chi connectivity index (χ2n) is 3.91. The number of ether oxygens (including phenoxy) is 2. The van der Waals surface area contributed by atoms with E-state index in [0.717, 1.165) is 19.4 Å². The van der Waals surface area contributed by atoms with Crippen molar-refractivity contribution >= 4 is 12.1 Å². The molecule has 1 unspecified atom stereocenters. The van der Waals surface area contributed by atoms with Crippen LogP contribution in [0, 0.1) is 5.92 Å². The van der Waals surface area contributed by atoms with Crippen molar-refractivity contribution in [2.75, 3.05) is 26.8 Å². The van der Waals surface area contributed by atoms with Crippen LogP contribution in [-0.2, 0) is 14.3 Å². The first-order chi connectivity index (χ1) is 7.67. The van der Waals surface area contributed by atoms with Crippen molar-refractivity contribution in [1.29, 1.82) is 0 Å². The lowest BCUT2D eigenvalue weighted by Gasteiger charge is -2.14. The van der Waals surface area contributed by atoms with Gasteiger partial charge in [-0.1, -0.05) is 0 Å². The van der Waals surface area contributed by atoms with Gasteiger partial charge in [0.05, 0.1) is 13.7 Å². The average molecular weight is 229 g/mol. The quantitative estimate of drug-likeness (QED) is 0.684. The van der Waals surface area contributed by atoms with E-state index in [-0.39, 0.29) is 12.1 Å². The molecule has 0 saturated carbocycles. The van der Waals surface area contributed by atoms with Gasteiger partial charge in [-0.3, -0.25) is 4.79 Å². The molecule has 1 aliphatic rings. The van der Waals surface area contributed by atoms with Crippen molar-refractivity contribution in [3.8, 4) is 0 Å². The van der Waals surface area contributed by atoms with Gasteiger partial charge in [-0.2, -0.15) is 0 Å². The molecule has 0 bridgehead atoms. The van der Waals surface area contributed by atoms with Gasteiger partial charge >= 0.3 is 12.1 Å². The van der Waals surface area contributed by atoms with Crippen LogP contribution in [0.5, 0.6) is 0 Å². The van der Waals surface area contributed by atoms with Gasteiger partial charge in [0.2, 0.25) is 0 Å². The minimum Gasteiger partial charge on any atom is -0.466 e. The zero-order valence-corrected chi connectivity index (χ0v) is 9.90. The SMILES string of the molecule is CCOC(=O)CCC1CCN(C(=O)OC)C1. The number of carbonyl (C=O) groups excluding carboxylic acids is 2. The van der Waals surface area contributed by atoms with E-state index in [4.69, 9.17) is 4.74 Å². The summed E-state index contributed by atoms with van der Waals surface area (Å²) in [7, 11) is 1.38. The van der Waals surface area contributed by atoms with Crippen molar-refractivity contribution < 1.29 is 19.1 Å². The van der Waals surface area contributed by atoms with E-state index in [9.17, 15) is 9.59 Å². The number of rotatable bonds is 4. The average Bonchev–Trinajstić information content (AvgIpc) is 2.74. The summed E-state index contributed by atoms with van der Waals surface area (Å²) < 4.78 is 9.49. The first-order valence-electron chi connectivity index (χ1n) is 5.65. The van der Waals surface area contributed by atoms with E-state index in [1.807, 2.05) is 0 Å². The summed E-state index contributed by atoms with van der Waals surface area (Å²) in [6.45, 7) is 3.64. The molecule has 1 saturated heterocycles. The normalized spacial score (nSPS) is 19.6. The highest BCUT2D eigenvalue weighted by Crippen LogP contribution is 2.21. The van der Waals surface area contributed by atoms with E-state index >= 15 is 0 Å². The minimum atomic E-state index is -0.279. The molecular formula is C11H19NO4. The van der Waals surface area contributed by atoms with Crippen LogP contribution < -0.4 is 0 Å². The standard InChI is InChI=1S/C11H19NO4/c1-3-16-10(13)5-4-9-6-7-12(8-9)11(14)15-2/h9H,3-8H2,1-2H3. The third-order valence-corrected chi connectivity index (χ3v) is 2.78. The van der Waals surface area contributed by atoms with Crippen molar-refractivity contribution in [3.05, 3.63) is 0 Å². The lowest BCUT2D eigenvalue weighted by Crippen LogP contribution is -2.28. The van der Waals surface area contributed by atoms with Crippen LogP contribution in [0.25, 0.3) is 0 Å². The van der Waals surface area contributed by atoms with Gasteiger partial charge in [0.1, 0.15) is 0 Å². The molecule has 0 radical (unpaired) electrons. The molecule has 1 aliphatic heterocycles. The van der Waals surface area contributed by atoms with Gasteiger partial charge in [0.15, 0.2) is 0 Å². The summed E-state index contributed by atoms with van der Waals surface area (Å²) >= 11 is 0. The predicted octanol–water partition coefficient (Wildman–Crippen LogP) is 1.42. The van der Waals surface area contributed by atoms with Crippen molar-refractivity contribution in [1.82, 2.24) is 4.90 Å². The number of hydrogen-bond donors (Lipinski definition) is 0. The summed E-state index contributed by atoms with van der Waals surface area (Å²) in [6.07, 6.45) is 1.88. The molecule has 1 heterocycles. The summed E-state index contributed by atoms with van der Waals surface area (Å²) in [4.78, 5) is 24.0. The molecule has 16 heavy (non-hydrogen) atoms. The van der Waals surface area contributed by atoms with Crippen molar-refractivity contribution in [2.24, 2.45) is 5.92 Å². The third kappa shape index (κ3) is 3.72. The summed E-state index contributed by atoms with van der Waals surface area (Å²) in [5.41, 5.74) is 0. The minimum absolute atomic E-state index is 0.154. The number of nitrogens with zero attached hydrogens (tertiary/aromatic N) is 1. The predicted molar refractivity (Wildman–Crippen MR) is 58.0 cm³/mol. The number of likely N-dealkylation sites (tertiary alicyclic amines) is 1. The number of carbonyl (C=O) groups is 2. The molecule has 5 heteroatoms. The molecule has 0 spiro atoms. The molecule has 5 nitrogen and oxygen atoms in total. The van der Waals surface area contributed by atoms with E-state index < -0.39 is 0 Å². The van der Waals surface area contributed by atoms with E-state index in [1.165, 1.54) is 7.11 Å². The Bertz CT molecular complexity index is 254. The second-order valence-corrected chi connectivity index (χ2v) is 3.91. The van der Waals surface area contributed by atoms with Crippen LogP contribution in [-0.4, -0.2) is 43.8 Å². The van der Waals surface area contributed by atoms with Crippen LogP contribution in [0.3, 0.4) is 0 Å². The van der Waals surface area contributed by atoms with Crippen LogP contribution in [0.15, 0.2) is 0 Å². The third-order valence-electron chi connectivity index (χ3n) is 2.78. The van der Waals surface area contributed by atoms with Crippen molar-refractivity contribution in [3.63, 3.8) is 0 Å². The lowest BCUT2D eigenvalue weighted by atomic mass is 10.0. The zero-order valence-electron chi connectivity index (χ0n) is 9.90. The van der Waals surface area contributed by atoms with E-state index in [0.29, 0.717) is 25.5 Å². The summed E-state index contributed by atoms with van der Waals surface area (Å²) in [5.74, 6) is 0.238. The smallest absolute Gasteiger partial charge is 0.409 e. The first-order valence-corrected chi connectivity index (χ1v) is 5.65. The molecular weight excluding hydrogens is 210 g/mol. The van der Waals surface area contributed by atoms with E-state index in [1.54, 1.807) is 11.8 Å². The highest BCUT2D eigenvalue weighted by atomic mass is 16.5. The largest absolute Gasteiger partial charge is 0.466 e. The van der Waals surface area contributed by atoms with Crippen LogP contribution >= 0.6 is 0 Å². The highest BCUT2D eigenvalue weighted by molar-refractivity contribution is 5.69. The topological polar surface area (TPSA) is 55.8 Å². The number of amides is 1. The maximum atomic E-state index is 11.2. The Labute approximate surface area is 95.7 Å². The fourth-order valence-electron chi connectivity index (χ4n) is 1.92. The Morgan fingerprint density at radius 3 is 2.81 bits per heavy atom. The van der Waals surface area contributed by atoms with Crippen LogP contribution in [0.4, 0.5) is 4.79 Å². The molecule has 92 valence electrons. The monoisotopic (exact) mass is 229 g/mol. The molecule has 1 rings (SSSR count). The summed E-state index contributed by atoms with van der Waals surface area (Å²) in [6, 6.07) is 0. The lowest BCUT2D eigenvalue weighted by molar-refractivity contribution is -0.143.